The Balaban J connectivity index is 2.25. The van der Waals surface area contributed by atoms with Crippen LogP contribution < -0.4 is 5.32 Å². The molecule has 2 aromatic rings. The molecule has 0 saturated carbocycles. The Bertz CT molecular complexity index is 602. The van der Waals surface area contributed by atoms with Crippen LogP contribution in [0.1, 0.15) is 16.1 Å². The zero-order chi connectivity index (χ0) is 13.1. The molecule has 0 radical (unpaired) electrons. The lowest BCUT2D eigenvalue weighted by atomic mass is 10.2. The van der Waals surface area contributed by atoms with E-state index in [1.807, 2.05) is 0 Å². The first-order chi connectivity index (χ1) is 8.56. The van der Waals surface area contributed by atoms with E-state index in [-0.39, 0.29) is 5.56 Å². The first-order valence-corrected chi connectivity index (χ1v) is 5.16. The summed E-state index contributed by atoms with van der Waals surface area (Å²) in [6, 6.07) is 5.47. The van der Waals surface area contributed by atoms with Crippen LogP contribution in [0.15, 0.2) is 30.5 Å². The molecule has 0 aliphatic carbocycles. The van der Waals surface area contributed by atoms with Crippen molar-refractivity contribution in [3.05, 3.63) is 47.5 Å². The normalized spacial score (nSPS) is 10.1. The predicted octanol–water partition coefficient (Wildman–Crippen LogP) is 2.37. The van der Waals surface area contributed by atoms with Gasteiger partial charge in [0.05, 0.1) is 5.56 Å². The van der Waals surface area contributed by atoms with Crippen LogP contribution in [0.4, 0.5) is 16.0 Å². The monoisotopic (exact) mass is 247 g/mol. The second kappa shape index (κ2) is 4.79. The van der Waals surface area contributed by atoms with Crippen LogP contribution >= 0.6 is 0 Å². The number of nitrogens with zero attached hydrogens (tertiary/aromatic N) is 2. The smallest absolute Gasteiger partial charge is 0.338 e. The molecule has 0 bridgehead atoms. The van der Waals surface area contributed by atoms with E-state index in [1.165, 1.54) is 12.1 Å². The summed E-state index contributed by atoms with van der Waals surface area (Å²) in [4.78, 5) is 18.7. The minimum Gasteiger partial charge on any atom is -0.478 e. The third-order valence-corrected chi connectivity index (χ3v) is 2.25. The van der Waals surface area contributed by atoms with E-state index in [0.717, 1.165) is 11.8 Å². The first-order valence-electron chi connectivity index (χ1n) is 5.16. The van der Waals surface area contributed by atoms with Crippen LogP contribution in [0.3, 0.4) is 0 Å². The van der Waals surface area contributed by atoms with Gasteiger partial charge in [-0.1, -0.05) is 0 Å². The summed E-state index contributed by atoms with van der Waals surface area (Å²) in [6.45, 7) is 1.81. The SMILES string of the molecule is Cc1ccnc(Nc2ccc(C(=O)O)c(F)c2)n1. The second-order valence-electron chi connectivity index (χ2n) is 3.65. The van der Waals surface area contributed by atoms with Crippen LogP contribution in [0.5, 0.6) is 0 Å². The average Bonchev–Trinajstić information content (AvgIpc) is 2.28. The van der Waals surface area contributed by atoms with Gasteiger partial charge in [0.25, 0.3) is 0 Å². The van der Waals surface area contributed by atoms with Gasteiger partial charge in [0.15, 0.2) is 0 Å². The van der Waals surface area contributed by atoms with Gasteiger partial charge in [0.2, 0.25) is 5.95 Å². The maximum Gasteiger partial charge on any atom is 0.338 e. The lowest BCUT2D eigenvalue weighted by Gasteiger charge is -2.06. The number of hydrogen-bond donors (Lipinski definition) is 2. The number of aromatic carboxylic acids is 1. The molecule has 92 valence electrons. The van der Waals surface area contributed by atoms with Crippen LogP contribution in [-0.2, 0) is 0 Å². The van der Waals surface area contributed by atoms with Crippen LogP contribution in [0.2, 0.25) is 0 Å². The van der Waals surface area contributed by atoms with Crippen molar-refractivity contribution in [1.82, 2.24) is 9.97 Å². The van der Waals surface area contributed by atoms with E-state index in [0.29, 0.717) is 11.6 Å². The molecule has 0 amide bonds. The molecule has 1 aromatic heterocycles. The minimum absolute atomic E-state index is 0.331. The average molecular weight is 247 g/mol. The number of hydrogen-bond acceptors (Lipinski definition) is 4. The number of carboxylic acids is 1. The number of nitrogens with one attached hydrogen (secondary N) is 1. The van der Waals surface area contributed by atoms with Gasteiger partial charge in [-0.2, -0.15) is 0 Å². The van der Waals surface area contributed by atoms with Gasteiger partial charge in [-0.15, -0.1) is 0 Å². The number of benzene rings is 1. The van der Waals surface area contributed by atoms with E-state index in [2.05, 4.69) is 15.3 Å². The first kappa shape index (κ1) is 12.0. The third-order valence-electron chi connectivity index (χ3n) is 2.25. The van der Waals surface area contributed by atoms with Crippen molar-refractivity contribution in [2.75, 3.05) is 5.32 Å². The highest BCUT2D eigenvalue weighted by atomic mass is 19.1. The lowest BCUT2D eigenvalue weighted by Crippen LogP contribution is -2.02. The van der Waals surface area contributed by atoms with Crippen molar-refractivity contribution in [1.29, 1.82) is 0 Å². The molecular formula is C12H10FN3O2. The van der Waals surface area contributed by atoms with Gasteiger partial charge < -0.3 is 10.4 Å². The number of anilines is 2. The summed E-state index contributed by atoms with van der Waals surface area (Å²) in [5.74, 6) is -1.77. The number of carbonyl (C=O) groups is 1. The summed E-state index contributed by atoms with van der Waals surface area (Å²) in [5.41, 5.74) is 0.795. The molecule has 6 heteroatoms. The fourth-order valence-corrected chi connectivity index (χ4v) is 1.40. The van der Waals surface area contributed by atoms with E-state index in [1.54, 1.807) is 19.2 Å². The Morgan fingerprint density at radius 3 is 2.78 bits per heavy atom. The fraction of sp³-hybridized carbons (Fsp3) is 0.0833. The van der Waals surface area contributed by atoms with E-state index < -0.39 is 11.8 Å². The summed E-state index contributed by atoms with van der Waals surface area (Å²) < 4.78 is 13.4. The molecule has 5 nitrogen and oxygen atoms in total. The van der Waals surface area contributed by atoms with Gasteiger partial charge in [-0.25, -0.2) is 19.2 Å². The highest BCUT2D eigenvalue weighted by molar-refractivity contribution is 5.88. The van der Waals surface area contributed by atoms with Crippen molar-refractivity contribution < 1.29 is 14.3 Å². The van der Waals surface area contributed by atoms with Crippen molar-refractivity contribution >= 4 is 17.6 Å². The molecule has 0 unspecified atom stereocenters. The molecule has 0 aliphatic rings. The largest absolute Gasteiger partial charge is 0.478 e. The molecular weight excluding hydrogens is 237 g/mol. The highest BCUT2D eigenvalue weighted by Gasteiger charge is 2.10. The molecule has 18 heavy (non-hydrogen) atoms. The molecule has 0 spiro atoms. The molecule has 0 saturated heterocycles. The molecule has 1 heterocycles. The number of aromatic nitrogens is 2. The molecule has 2 N–H and O–H groups in total. The number of aryl methyl sites for hydroxylation is 1. The molecule has 0 atom stereocenters. The Morgan fingerprint density at radius 2 is 2.17 bits per heavy atom. The van der Waals surface area contributed by atoms with Gasteiger partial charge in [-0.05, 0) is 31.2 Å². The van der Waals surface area contributed by atoms with E-state index in [9.17, 15) is 9.18 Å². The molecule has 1 aromatic carbocycles. The number of halogens is 1. The topological polar surface area (TPSA) is 75.1 Å². The van der Waals surface area contributed by atoms with Gasteiger partial charge in [0.1, 0.15) is 5.82 Å². The number of rotatable bonds is 3. The minimum atomic E-state index is -1.30. The van der Waals surface area contributed by atoms with Crippen LogP contribution in [0, 0.1) is 12.7 Å². The highest BCUT2D eigenvalue weighted by Crippen LogP contribution is 2.17. The maximum atomic E-state index is 13.4. The summed E-state index contributed by atoms with van der Waals surface area (Å²) in [6.07, 6.45) is 1.58. The predicted molar refractivity (Wildman–Crippen MR) is 63.4 cm³/mol. The number of carboxylic acid groups (broad SMARTS) is 1. The Labute approximate surface area is 102 Å². The van der Waals surface area contributed by atoms with Crippen molar-refractivity contribution in [2.45, 2.75) is 6.92 Å². The summed E-state index contributed by atoms with van der Waals surface area (Å²) in [5, 5.41) is 11.5. The quantitative estimate of drug-likeness (QED) is 0.870. The Kier molecular flexibility index (Phi) is 3.18. The van der Waals surface area contributed by atoms with Crippen molar-refractivity contribution in [3.8, 4) is 0 Å². The van der Waals surface area contributed by atoms with Gasteiger partial charge in [-0.3, -0.25) is 0 Å². The Hall–Kier alpha value is -2.50. The lowest BCUT2D eigenvalue weighted by molar-refractivity contribution is 0.0692. The van der Waals surface area contributed by atoms with E-state index >= 15 is 0 Å². The van der Waals surface area contributed by atoms with E-state index in [4.69, 9.17) is 5.11 Å². The fourth-order valence-electron chi connectivity index (χ4n) is 1.40. The zero-order valence-electron chi connectivity index (χ0n) is 9.51. The third kappa shape index (κ3) is 2.60. The molecule has 0 aliphatic heterocycles. The van der Waals surface area contributed by atoms with Crippen molar-refractivity contribution in [2.24, 2.45) is 0 Å². The molecule has 0 fully saturated rings. The molecule has 2 rings (SSSR count). The standard InChI is InChI=1S/C12H10FN3O2/c1-7-4-5-14-12(15-7)16-8-2-3-9(11(17)18)10(13)6-8/h2-6H,1H3,(H,17,18)(H,14,15,16). The van der Waals surface area contributed by atoms with Gasteiger partial charge >= 0.3 is 5.97 Å². The van der Waals surface area contributed by atoms with Crippen molar-refractivity contribution in [3.63, 3.8) is 0 Å². The van der Waals surface area contributed by atoms with Crippen LogP contribution in [0.25, 0.3) is 0 Å². The van der Waals surface area contributed by atoms with Gasteiger partial charge in [0, 0.05) is 17.6 Å². The summed E-state index contributed by atoms with van der Waals surface area (Å²) in [7, 11) is 0. The zero-order valence-corrected chi connectivity index (χ0v) is 9.51. The second-order valence-corrected chi connectivity index (χ2v) is 3.65. The Morgan fingerprint density at radius 1 is 1.39 bits per heavy atom. The van der Waals surface area contributed by atoms with Crippen LogP contribution in [-0.4, -0.2) is 21.0 Å². The maximum absolute atomic E-state index is 13.4. The summed E-state index contributed by atoms with van der Waals surface area (Å²) >= 11 is 0.